The predicted molar refractivity (Wildman–Crippen MR) is 108 cm³/mol. The lowest BCUT2D eigenvalue weighted by Crippen LogP contribution is -2.32. The highest BCUT2D eigenvalue weighted by molar-refractivity contribution is 6.46. The normalized spacial score (nSPS) is 18.5. The number of anilines is 1. The van der Waals surface area contributed by atoms with E-state index in [1.165, 1.54) is 4.90 Å². The highest BCUT2D eigenvalue weighted by atomic mass is 16.5. The first kappa shape index (κ1) is 19.6. The third-order valence-electron chi connectivity index (χ3n) is 4.85. The van der Waals surface area contributed by atoms with Crippen LogP contribution in [-0.4, -0.2) is 56.1 Å². The Kier molecular flexibility index (Phi) is 5.80. The first-order valence-electron chi connectivity index (χ1n) is 9.05. The van der Waals surface area contributed by atoms with Crippen molar-refractivity contribution in [3.8, 4) is 0 Å². The molecule has 2 aromatic rings. The van der Waals surface area contributed by atoms with Gasteiger partial charge in [0.1, 0.15) is 5.76 Å². The fourth-order valence-electron chi connectivity index (χ4n) is 3.35. The molecule has 1 atom stereocenters. The lowest BCUT2D eigenvalue weighted by molar-refractivity contribution is -0.140. The lowest BCUT2D eigenvalue weighted by atomic mass is 9.95. The van der Waals surface area contributed by atoms with Gasteiger partial charge in [-0.1, -0.05) is 42.5 Å². The molecule has 1 unspecified atom stereocenters. The van der Waals surface area contributed by atoms with Crippen molar-refractivity contribution in [3.05, 3.63) is 71.3 Å². The van der Waals surface area contributed by atoms with Crippen molar-refractivity contribution < 1.29 is 19.4 Å². The number of aliphatic hydroxyl groups excluding tert-OH is 1. The molecule has 2 aromatic carbocycles. The third-order valence-corrected chi connectivity index (χ3v) is 4.85. The number of ether oxygens (including phenoxy) is 1. The molecule has 1 saturated heterocycles. The Morgan fingerprint density at radius 1 is 1.07 bits per heavy atom. The second-order valence-electron chi connectivity index (χ2n) is 6.84. The summed E-state index contributed by atoms with van der Waals surface area (Å²) in [5.74, 6) is -1.48. The number of hydrogen-bond donors (Lipinski definition) is 1. The Hall–Kier alpha value is -3.12. The molecule has 1 amide bonds. The quantitative estimate of drug-likeness (QED) is 0.474. The van der Waals surface area contributed by atoms with Crippen molar-refractivity contribution in [1.82, 2.24) is 4.90 Å². The molecule has 1 aliphatic heterocycles. The van der Waals surface area contributed by atoms with Gasteiger partial charge in [-0.05, 0) is 17.7 Å². The van der Waals surface area contributed by atoms with Gasteiger partial charge in [0.25, 0.3) is 11.7 Å². The Balaban J connectivity index is 2.12. The molecule has 6 nitrogen and oxygen atoms in total. The molecule has 0 aliphatic carbocycles. The summed E-state index contributed by atoms with van der Waals surface area (Å²) >= 11 is 0. The van der Waals surface area contributed by atoms with Crippen molar-refractivity contribution in [3.63, 3.8) is 0 Å². The van der Waals surface area contributed by atoms with Crippen molar-refractivity contribution in [2.45, 2.75) is 6.04 Å². The van der Waals surface area contributed by atoms with Gasteiger partial charge in [-0.2, -0.15) is 0 Å². The minimum Gasteiger partial charge on any atom is -0.507 e. The molecule has 0 radical (unpaired) electrons. The SMILES string of the molecule is COCCN1C(=O)C(=O)/C(=C(\O)c2ccccc2)C1c1ccc(N(C)C)cc1. The van der Waals surface area contributed by atoms with E-state index < -0.39 is 17.7 Å². The van der Waals surface area contributed by atoms with E-state index in [2.05, 4.69) is 0 Å². The van der Waals surface area contributed by atoms with Gasteiger partial charge in [0.15, 0.2) is 0 Å². The van der Waals surface area contributed by atoms with Crippen molar-refractivity contribution >= 4 is 23.1 Å². The number of rotatable bonds is 6. The summed E-state index contributed by atoms with van der Waals surface area (Å²) in [6.45, 7) is 0.553. The first-order chi connectivity index (χ1) is 13.5. The molecule has 0 spiro atoms. The van der Waals surface area contributed by atoms with Crippen LogP contribution in [0.5, 0.6) is 0 Å². The van der Waals surface area contributed by atoms with Crippen molar-refractivity contribution in [2.24, 2.45) is 0 Å². The number of Topliss-reactive ketones (excluding diaryl/α,β-unsaturated/α-hetero) is 1. The summed E-state index contributed by atoms with van der Waals surface area (Å²) in [6, 6.07) is 15.7. The van der Waals surface area contributed by atoms with Gasteiger partial charge in [0.2, 0.25) is 0 Å². The molecular weight excluding hydrogens is 356 g/mol. The van der Waals surface area contributed by atoms with E-state index >= 15 is 0 Å². The zero-order valence-corrected chi connectivity index (χ0v) is 16.3. The molecule has 3 rings (SSSR count). The zero-order valence-electron chi connectivity index (χ0n) is 16.3. The maximum absolute atomic E-state index is 12.8. The molecule has 146 valence electrons. The summed E-state index contributed by atoms with van der Waals surface area (Å²) < 4.78 is 5.11. The van der Waals surface area contributed by atoms with E-state index in [-0.39, 0.29) is 17.9 Å². The van der Waals surface area contributed by atoms with E-state index in [0.717, 1.165) is 11.3 Å². The predicted octanol–water partition coefficient (Wildman–Crippen LogP) is 2.82. The molecule has 0 bridgehead atoms. The average Bonchev–Trinajstić information content (AvgIpc) is 2.97. The summed E-state index contributed by atoms with van der Waals surface area (Å²) in [5, 5.41) is 10.9. The fraction of sp³-hybridized carbons (Fsp3) is 0.273. The number of aliphatic hydroxyl groups is 1. The number of amides is 1. The van der Waals surface area contributed by atoms with Crippen LogP contribution in [0.25, 0.3) is 5.76 Å². The lowest BCUT2D eigenvalue weighted by Gasteiger charge is -2.25. The van der Waals surface area contributed by atoms with Gasteiger partial charge in [0.05, 0.1) is 18.2 Å². The molecule has 1 N–H and O–H groups in total. The van der Waals surface area contributed by atoms with Crippen molar-refractivity contribution in [2.75, 3.05) is 39.3 Å². The molecule has 1 fully saturated rings. The molecule has 0 aromatic heterocycles. The minimum absolute atomic E-state index is 0.102. The van der Waals surface area contributed by atoms with E-state index in [1.54, 1.807) is 31.4 Å². The number of methoxy groups -OCH3 is 1. The van der Waals surface area contributed by atoms with Crippen molar-refractivity contribution in [1.29, 1.82) is 0 Å². The summed E-state index contributed by atoms with van der Waals surface area (Å²) in [6.07, 6.45) is 0. The molecule has 1 heterocycles. The summed E-state index contributed by atoms with van der Waals surface area (Å²) in [7, 11) is 5.42. The van der Waals surface area contributed by atoms with Crippen LogP contribution in [0.4, 0.5) is 5.69 Å². The van der Waals surface area contributed by atoms with Gasteiger partial charge in [-0.15, -0.1) is 0 Å². The maximum atomic E-state index is 12.8. The Morgan fingerprint density at radius 3 is 2.29 bits per heavy atom. The van der Waals surface area contributed by atoms with Gasteiger partial charge in [-0.25, -0.2) is 0 Å². The maximum Gasteiger partial charge on any atom is 0.295 e. The molecule has 6 heteroatoms. The van der Waals surface area contributed by atoms with Crippen LogP contribution < -0.4 is 4.90 Å². The van der Waals surface area contributed by atoms with E-state index in [1.807, 2.05) is 49.3 Å². The molecular formula is C22H24N2O4. The zero-order chi connectivity index (χ0) is 20.3. The molecule has 1 aliphatic rings. The second-order valence-corrected chi connectivity index (χ2v) is 6.84. The Bertz CT molecular complexity index is 889. The number of hydrogen-bond acceptors (Lipinski definition) is 5. The Morgan fingerprint density at radius 2 is 1.71 bits per heavy atom. The van der Waals surface area contributed by atoms with Crippen LogP contribution in [0.3, 0.4) is 0 Å². The second kappa shape index (κ2) is 8.27. The number of carbonyl (C=O) groups is 2. The summed E-state index contributed by atoms with van der Waals surface area (Å²) in [4.78, 5) is 28.9. The number of benzene rings is 2. The van der Waals surface area contributed by atoms with Crippen LogP contribution in [0.1, 0.15) is 17.2 Å². The van der Waals surface area contributed by atoms with Crippen LogP contribution in [0.2, 0.25) is 0 Å². The van der Waals surface area contributed by atoms with Crippen LogP contribution in [-0.2, 0) is 14.3 Å². The molecule has 0 saturated carbocycles. The van der Waals surface area contributed by atoms with Gasteiger partial charge < -0.3 is 19.6 Å². The van der Waals surface area contributed by atoms with E-state index in [4.69, 9.17) is 4.74 Å². The van der Waals surface area contributed by atoms with Crippen LogP contribution >= 0.6 is 0 Å². The standard InChI is InChI=1S/C22H24N2O4/c1-23(2)17-11-9-15(10-12-17)19-18(20(25)16-7-5-4-6-8-16)21(26)22(27)24(19)13-14-28-3/h4-12,19,25H,13-14H2,1-3H3/b20-18-. The van der Waals surface area contributed by atoms with Gasteiger partial charge >= 0.3 is 0 Å². The average molecular weight is 380 g/mol. The highest BCUT2D eigenvalue weighted by Crippen LogP contribution is 2.39. The van der Waals surface area contributed by atoms with Crippen LogP contribution in [0, 0.1) is 0 Å². The number of likely N-dealkylation sites (tertiary alicyclic amines) is 1. The monoisotopic (exact) mass is 380 g/mol. The van der Waals surface area contributed by atoms with Gasteiger partial charge in [-0.3, -0.25) is 9.59 Å². The topological polar surface area (TPSA) is 70.1 Å². The minimum atomic E-state index is -0.681. The number of carbonyl (C=O) groups excluding carboxylic acids is 2. The fourth-order valence-corrected chi connectivity index (χ4v) is 3.35. The molecule has 28 heavy (non-hydrogen) atoms. The van der Waals surface area contributed by atoms with Crippen LogP contribution in [0.15, 0.2) is 60.2 Å². The van der Waals surface area contributed by atoms with Gasteiger partial charge in [0, 0.05) is 39.0 Å². The first-order valence-corrected chi connectivity index (χ1v) is 9.05. The smallest absolute Gasteiger partial charge is 0.295 e. The number of nitrogens with zero attached hydrogens (tertiary/aromatic N) is 2. The summed E-state index contributed by atoms with van der Waals surface area (Å²) in [5.41, 5.74) is 2.37. The number of ketones is 1. The third kappa shape index (κ3) is 3.64. The largest absolute Gasteiger partial charge is 0.507 e. The Labute approximate surface area is 164 Å². The van der Waals surface area contributed by atoms with E-state index in [9.17, 15) is 14.7 Å². The van der Waals surface area contributed by atoms with E-state index in [0.29, 0.717) is 12.2 Å². The highest BCUT2D eigenvalue weighted by Gasteiger charge is 2.45.